The minimum absolute atomic E-state index is 0.274. The van der Waals surface area contributed by atoms with E-state index in [0.29, 0.717) is 6.42 Å². The highest BCUT2D eigenvalue weighted by atomic mass is 16.4. The summed E-state index contributed by atoms with van der Waals surface area (Å²) in [4.78, 5) is 21.9. The number of carboxylic acid groups (broad SMARTS) is 1. The molecule has 0 aromatic carbocycles. The molecule has 0 fully saturated rings. The Hall–Kier alpha value is -1.24. The number of carboxylic acids is 1. The lowest BCUT2D eigenvalue weighted by molar-refractivity contribution is -0.137. The highest BCUT2D eigenvalue weighted by molar-refractivity contribution is 5.83. The van der Waals surface area contributed by atoms with E-state index in [0.717, 1.165) is 44.9 Å². The first kappa shape index (κ1) is 45.9. The Morgan fingerprint density at radius 3 is 1.13 bits per heavy atom. The minimum Gasteiger partial charge on any atom is -0.481 e. The molecular weight excluding hydrogens is 564 g/mol. The lowest BCUT2D eigenvalue weighted by Gasteiger charge is -2.13. The number of unbranched alkanes of at least 4 members (excludes halogenated alkanes) is 25. The number of carbonyl (C=O) groups excluding carboxylic acids is 1. The first-order valence-electron chi connectivity index (χ1n) is 19.3. The molecule has 2 atom stereocenters. The highest BCUT2D eigenvalue weighted by Crippen LogP contribution is 2.14. The standard InChI is InChI=1S/C21H40O4.C18H36O2/c1-2-3-4-5-6-7-8-9-10-11-12-13-14-15-16-17-19(23)21(25)20(24)18-22;1-2-3-4-5-6-7-8-9-10-11-12-13-14-15-16-17-18(19)20/h9-10,20-22,24-25H,2-8,11-18H2,1H3;2-17H2,1H3,(H,19,20)/b10-9-;. The van der Waals surface area contributed by atoms with Crippen LogP contribution in [0.15, 0.2) is 12.2 Å². The van der Waals surface area contributed by atoms with E-state index >= 15 is 0 Å². The van der Waals surface area contributed by atoms with Crippen molar-refractivity contribution >= 4 is 11.8 Å². The molecule has 0 amide bonds. The van der Waals surface area contributed by atoms with Crippen molar-refractivity contribution in [1.82, 2.24) is 0 Å². The third-order valence-corrected chi connectivity index (χ3v) is 8.56. The Bertz CT molecular complexity index is 635. The zero-order valence-corrected chi connectivity index (χ0v) is 29.8. The summed E-state index contributed by atoms with van der Waals surface area (Å²) in [7, 11) is 0. The number of hydrogen-bond acceptors (Lipinski definition) is 5. The molecule has 4 N–H and O–H groups in total. The monoisotopic (exact) mass is 641 g/mol. The van der Waals surface area contributed by atoms with Gasteiger partial charge in [-0.15, -0.1) is 0 Å². The molecule has 0 aliphatic carbocycles. The van der Waals surface area contributed by atoms with Crippen molar-refractivity contribution in [1.29, 1.82) is 0 Å². The molecule has 0 aliphatic rings. The summed E-state index contributed by atoms with van der Waals surface area (Å²) in [6.07, 6.45) is 37.9. The number of aliphatic hydroxyl groups excluding tert-OH is 3. The quantitative estimate of drug-likeness (QED) is 0.0411. The largest absolute Gasteiger partial charge is 0.481 e. The van der Waals surface area contributed by atoms with E-state index in [9.17, 15) is 19.8 Å². The van der Waals surface area contributed by atoms with E-state index in [1.807, 2.05) is 0 Å². The molecule has 6 nitrogen and oxygen atoms in total. The molecule has 0 saturated heterocycles. The van der Waals surface area contributed by atoms with E-state index in [4.69, 9.17) is 10.2 Å². The van der Waals surface area contributed by atoms with Crippen molar-refractivity contribution in [2.24, 2.45) is 0 Å². The summed E-state index contributed by atoms with van der Waals surface area (Å²) < 4.78 is 0. The average Bonchev–Trinajstić information content (AvgIpc) is 3.04. The Labute approximate surface area is 278 Å². The van der Waals surface area contributed by atoms with Crippen molar-refractivity contribution < 1.29 is 30.0 Å². The maximum absolute atomic E-state index is 11.5. The van der Waals surface area contributed by atoms with Gasteiger partial charge in [-0.25, -0.2) is 0 Å². The van der Waals surface area contributed by atoms with Gasteiger partial charge in [0.1, 0.15) is 12.2 Å². The zero-order chi connectivity index (χ0) is 33.6. The van der Waals surface area contributed by atoms with Gasteiger partial charge < -0.3 is 20.4 Å². The second-order valence-corrected chi connectivity index (χ2v) is 13.1. The summed E-state index contributed by atoms with van der Waals surface area (Å²) in [5.74, 6) is -1.03. The van der Waals surface area contributed by atoms with Crippen LogP contribution in [0, 0.1) is 0 Å². The van der Waals surface area contributed by atoms with E-state index in [-0.39, 0.29) is 12.2 Å². The summed E-state index contributed by atoms with van der Waals surface area (Å²) in [5, 5.41) is 35.8. The number of rotatable bonds is 34. The SMILES string of the molecule is CCCCCCCC/C=C\CCCCCCCC(=O)C(O)C(O)CO.CCCCCCCCCCCCCCCCCC(=O)O. The molecule has 0 spiro atoms. The van der Waals surface area contributed by atoms with Crippen LogP contribution in [-0.2, 0) is 9.59 Å². The molecule has 0 bridgehead atoms. The van der Waals surface area contributed by atoms with Crippen LogP contribution in [-0.4, -0.2) is 51.0 Å². The van der Waals surface area contributed by atoms with Gasteiger partial charge in [0.25, 0.3) is 0 Å². The third-order valence-electron chi connectivity index (χ3n) is 8.56. The highest BCUT2D eigenvalue weighted by Gasteiger charge is 2.22. The van der Waals surface area contributed by atoms with E-state index in [2.05, 4.69) is 26.0 Å². The number of hydrogen-bond donors (Lipinski definition) is 4. The molecular formula is C39H76O6. The van der Waals surface area contributed by atoms with E-state index < -0.39 is 24.8 Å². The second-order valence-electron chi connectivity index (χ2n) is 13.1. The average molecular weight is 641 g/mol. The Kier molecular flexibility index (Phi) is 39.7. The number of aliphatic hydroxyl groups is 3. The summed E-state index contributed by atoms with van der Waals surface area (Å²) >= 11 is 0. The molecule has 0 heterocycles. The molecule has 0 rings (SSSR count). The fourth-order valence-electron chi connectivity index (χ4n) is 5.48. The van der Waals surface area contributed by atoms with E-state index in [1.165, 1.54) is 135 Å². The van der Waals surface area contributed by atoms with Crippen LogP contribution in [0.1, 0.15) is 206 Å². The maximum Gasteiger partial charge on any atom is 0.303 e. The Balaban J connectivity index is 0. The van der Waals surface area contributed by atoms with Crippen LogP contribution >= 0.6 is 0 Å². The van der Waals surface area contributed by atoms with Crippen LogP contribution in [0.5, 0.6) is 0 Å². The van der Waals surface area contributed by atoms with Crippen molar-refractivity contribution in [2.45, 2.75) is 219 Å². The van der Waals surface area contributed by atoms with Crippen molar-refractivity contribution in [3.8, 4) is 0 Å². The normalized spacial score (nSPS) is 12.6. The Morgan fingerprint density at radius 1 is 0.489 bits per heavy atom. The Morgan fingerprint density at radius 2 is 0.800 bits per heavy atom. The van der Waals surface area contributed by atoms with Gasteiger partial charge in [0.15, 0.2) is 5.78 Å². The molecule has 0 aromatic rings. The van der Waals surface area contributed by atoms with Gasteiger partial charge in [0.05, 0.1) is 6.61 Å². The molecule has 0 radical (unpaired) electrons. The fraction of sp³-hybridized carbons (Fsp3) is 0.897. The van der Waals surface area contributed by atoms with Crippen molar-refractivity contribution in [3.05, 3.63) is 12.2 Å². The summed E-state index contributed by atoms with van der Waals surface area (Å²) in [5.41, 5.74) is 0. The van der Waals surface area contributed by atoms with Crippen LogP contribution in [0.3, 0.4) is 0 Å². The second kappa shape index (κ2) is 38.9. The van der Waals surface area contributed by atoms with Gasteiger partial charge in [-0.1, -0.05) is 167 Å². The van der Waals surface area contributed by atoms with Gasteiger partial charge in [0, 0.05) is 12.8 Å². The number of carbonyl (C=O) groups is 2. The minimum atomic E-state index is -1.44. The van der Waals surface area contributed by atoms with Gasteiger partial charge in [0.2, 0.25) is 0 Å². The summed E-state index contributed by atoms with van der Waals surface area (Å²) in [6, 6.07) is 0. The summed E-state index contributed by atoms with van der Waals surface area (Å²) in [6.45, 7) is 3.93. The number of aliphatic carboxylic acids is 1. The maximum atomic E-state index is 11.5. The predicted octanol–water partition coefficient (Wildman–Crippen LogP) is 10.6. The topological polar surface area (TPSA) is 115 Å². The number of Topliss-reactive ketones (excluding diaryl/α,β-unsaturated/α-hetero) is 1. The molecule has 0 aromatic heterocycles. The van der Waals surface area contributed by atoms with Crippen LogP contribution < -0.4 is 0 Å². The van der Waals surface area contributed by atoms with Crippen LogP contribution in [0.4, 0.5) is 0 Å². The number of allylic oxidation sites excluding steroid dienone is 2. The van der Waals surface area contributed by atoms with Crippen LogP contribution in [0.2, 0.25) is 0 Å². The molecule has 268 valence electrons. The number of ketones is 1. The third kappa shape index (κ3) is 38.9. The molecule has 0 aliphatic heterocycles. The smallest absolute Gasteiger partial charge is 0.303 e. The van der Waals surface area contributed by atoms with Crippen molar-refractivity contribution in [3.63, 3.8) is 0 Å². The lowest BCUT2D eigenvalue weighted by atomic mass is 10.0. The molecule has 2 unspecified atom stereocenters. The van der Waals surface area contributed by atoms with Crippen molar-refractivity contribution in [2.75, 3.05) is 6.61 Å². The first-order valence-corrected chi connectivity index (χ1v) is 19.3. The first-order chi connectivity index (χ1) is 21.9. The zero-order valence-electron chi connectivity index (χ0n) is 29.8. The molecule has 6 heteroatoms. The fourth-order valence-corrected chi connectivity index (χ4v) is 5.48. The van der Waals surface area contributed by atoms with Gasteiger partial charge >= 0.3 is 5.97 Å². The van der Waals surface area contributed by atoms with E-state index in [1.54, 1.807) is 0 Å². The van der Waals surface area contributed by atoms with Crippen LogP contribution in [0.25, 0.3) is 0 Å². The van der Waals surface area contributed by atoms with Gasteiger partial charge in [-0.3, -0.25) is 9.59 Å². The molecule has 45 heavy (non-hydrogen) atoms. The van der Waals surface area contributed by atoms with Gasteiger partial charge in [-0.05, 0) is 38.5 Å². The lowest BCUT2D eigenvalue weighted by Crippen LogP contribution is -2.36. The molecule has 0 saturated carbocycles. The predicted molar refractivity (Wildman–Crippen MR) is 191 cm³/mol. The van der Waals surface area contributed by atoms with Gasteiger partial charge in [-0.2, -0.15) is 0 Å².